The number of hydrogen-bond acceptors (Lipinski definition) is 3. The monoisotopic (exact) mass is 342 g/mol. The summed E-state index contributed by atoms with van der Waals surface area (Å²) in [5.41, 5.74) is 1.25. The number of halogens is 4. The third kappa shape index (κ3) is 4.61. The highest BCUT2D eigenvalue weighted by atomic mass is 19.4. The highest BCUT2D eigenvalue weighted by Crippen LogP contribution is 2.23. The predicted octanol–water partition coefficient (Wildman–Crippen LogP) is 3.95. The molecule has 0 aliphatic heterocycles. The highest BCUT2D eigenvalue weighted by Gasteiger charge is 2.38. The number of benzene rings is 2. The van der Waals surface area contributed by atoms with Crippen LogP contribution in [-0.2, 0) is 11.3 Å². The summed E-state index contributed by atoms with van der Waals surface area (Å²) in [5.74, 6) is -2.46. The molecule has 0 aliphatic rings. The van der Waals surface area contributed by atoms with Crippen molar-refractivity contribution in [3.05, 3.63) is 53.8 Å². The van der Waals surface area contributed by atoms with Crippen molar-refractivity contribution in [2.75, 3.05) is 17.7 Å². The maximum atomic E-state index is 13.3. The fourth-order valence-electron chi connectivity index (χ4n) is 1.93. The molecule has 128 valence electrons. The Bertz CT molecular complexity index is 732. The van der Waals surface area contributed by atoms with Gasteiger partial charge in [-0.15, -0.1) is 0 Å². The van der Waals surface area contributed by atoms with Crippen molar-refractivity contribution in [3.63, 3.8) is 0 Å². The van der Waals surface area contributed by atoms with Crippen molar-refractivity contribution < 1.29 is 27.1 Å². The first-order valence-electron chi connectivity index (χ1n) is 6.84. The van der Waals surface area contributed by atoms with Crippen molar-refractivity contribution in [2.24, 2.45) is 0 Å². The molecular formula is C16H14F4N2O2. The summed E-state index contributed by atoms with van der Waals surface area (Å²) in [6.07, 6.45) is -4.95. The summed E-state index contributed by atoms with van der Waals surface area (Å²) in [6.45, 7) is 0.268. The maximum absolute atomic E-state index is 13.3. The molecule has 2 rings (SSSR count). The summed E-state index contributed by atoms with van der Waals surface area (Å²) in [5, 5.41) is 4.78. The summed E-state index contributed by atoms with van der Waals surface area (Å²) < 4.78 is 54.9. The molecule has 0 radical (unpaired) electrons. The number of ether oxygens (including phenoxy) is 1. The first kappa shape index (κ1) is 17.6. The van der Waals surface area contributed by atoms with Crippen LogP contribution in [0.25, 0.3) is 0 Å². The van der Waals surface area contributed by atoms with E-state index in [1.54, 1.807) is 11.4 Å². The zero-order valence-electron chi connectivity index (χ0n) is 12.6. The molecule has 0 saturated carbocycles. The summed E-state index contributed by atoms with van der Waals surface area (Å²) in [7, 11) is 1.34. The zero-order chi connectivity index (χ0) is 17.7. The second-order valence-electron chi connectivity index (χ2n) is 4.86. The molecule has 2 N–H and O–H groups in total. The van der Waals surface area contributed by atoms with Gasteiger partial charge in [0.15, 0.2) is 11.6 Å². The van der Waals surface area contributed by atoms with Crippen LogP contribution < -0.4 is 15.4 Å². The Morgan fingerprint density at radius 2 is 1.88 bits per heavy atom. The lowest BCUT2D eigenvalue weighted by Gasteiger charge is -2.11. The minimum atomic E-state index is -4.95. The van der Waals surface area contributed by atoms with Crippen LogP contribution in [0.5, 0.6) is 5.75 Å². The fraction of sp³-hybridized carbons (Fsp3) is 0.188. The molecule has 0 fully saturated rings. The molecule has 0 aromatic heterocycles. The van der Waals surface area contributed by atoms with Gasteiger partial charge in [-0.2, -0.15) is 13.2 Å². The van der Waals surface area contributed by atoms with E-state index in [1.807, 2.05) is 0 Å². The standard InChI is InChI=1S/C16H14F4N2O2/c1-24-14-8-11(5-6-13(14)17)21-9-10-3-2-4-12(7-10)22-15(23)16(18,19)20/h2-8,21H,9H2,1H3,(H,22,23). The Morgan fingerprint density at radius 3 is 2.54 bits per heavy atom. The number of rotatable bonds is 5. The van der Waals surface area contributed by atoms with Gasteiger partial charge in [0.2, 0.25) is 0 Å². The van der Waals surface area contributed by atoms with Gasteiger partial charge in [-0.3, -0.25) is 4.79 Å². The van der Waals surface area contributed by atoms with Gasteiger partial charge in [0.1, 0.15) is 0 Å². The number of nitrogens with one attached hydrogen (secondary N) is 2. The molecule has 4 nitrogen and oxygen atoms in total. The fourth-order valence-corrected chi connectivity index (χ4v) is 1.93. The number of carbonyl (C=O) groups is 1. The third-order valence-corrected chi connectivity index (χ3v) is 3.09. The van der Waals surface area contributed by atoms with E-state index in [-0.39, 0.29) is 18.0 Å². The number of anilines is 2. The van der Waals surface area contributed by atoms with Gasteiger partial charge in [-0.25, -0.2) is 4.39 Å². The predicted molar refractivity (Wildman–Crippen MR) is 81.4 cm³/mol. The molecule has 0 bridgehead atoms. The van der Waals surface area contributed by atoms with E-state index in [1.165, 1.54) is 43.5 Å². The molecule has 0 atom stereocenters. The van der Waals surface area contributed by atoms with Gasteiger partial charge >= 0.3 is 12.1 Å². The molecule has 0 saturated heterocycles. The van der Waals surface area contributed by atoms with Crippen molar-refractivity contribution in [2.45, 2.75) is 12.7 Å². The van der Waals surface area contributed by atoms with Crippen molar-refractivity contribution >= 4 is 17.3 Å². The molecule has 0 spiro atoms. The Morgan fingerprint density at radius 1 is 1.12 bits per heavy atom. The summed E-state index contributed by atoms with van der Waals surface area (Å²) >= 11 is 0. The maximum Gasteiger partial charge on any atom is 0.471 e. The van der Waals surface area contributed by atoms with E-state index in [0.717, 1.165) is 0 Å². The Balaban J connectivity index is 2.03. The van der Waals surface area contributed by atoms with Crippen LogP contribution >= 0.6 is 0 Å². The average molecular weight is 342 g/mol. The summed E-state index contributed by atoms with van der Waals surface area (Å²) in [4.78, 5) is 10.9. The molecular weight excluding hydrogens is 328 g/mol. The Hall–Kier alpha value is -2.77. The number of carbonyl (C=O) groups excluding carboxylic acids is 1. The lowest BCUT2D eigenvalue weighted by atomic mass is 10.2. The van der Waals surface area contributed by atoms with Gasteiger partial charge in [0.05, 0.1) is 7.11 Å². The van der Waals surface area contributed by atoms with E-state index in [9.17, 15) is 22.4 Å². The number of methoxy groups -OCH3 is 1. The first-order chi connectivity index (χ1) is 11.3. The largest absolute Gasteiger partial charge is 0.494 e. The molecule has 2 aromatic rings. The van der Waals surface area contributed by atoms with Crippen molar-refractivity contribution in [1.29, 1.82) is 0 Å². The second-order valence-corrected chi connectivity index (χ2v) is 4.86. The Labute approximate surface area is 135 Å². The lowest BCUT2D eigenvalue weighted by Crippen LogP contribution is -2.29. The van der Waals surface area contributed by atoms with E-state index in [4.69, 9.17) is 4.74 Å². The molecule has 0 aliphatic carbocycles. The van der Waals surface area contributed by atoms with E-state index < -0.39 is 17.9 Å². The minimum absolute atomic E-state index is 0.0355. The molecule has 0 unspecified atom stereocenters. The molecule has 1 amide bonds. The van der Waals surface area contributed by atoms with Crippen LogP contribution in [0.15, 0.2) is 42.5 Å². The molecule has 8 heteroatoms. The van der Waals surface area contributed by atoms with Crippen LogP contribution in [0.3, 0.4) is 0 Å². The lowest BCUT2D eigenvalue weighted by molar-refractivity contribution is -0.167. The molecule has 24 heavy (non-hydrogen) atoms. The van der Waals surface area contributed by atoms with Gasteiger partial charge in [-0.05, 0) is 29.8 Å². The van der Waals surface area contributed by atoms with Crippen LogP contribution in [0, 0.1) is 5.82 Å². The normalized spacial score (nSPS) is 11.0. The Kier molecular flexibility index (Phi) is 5.28. The highest BCUT2D eigenvalue weighted by molar-refractivity contribution is 5.94. The third-order valence-electron chi connectivity index (χ3n) is 3.09. The van der Waals surface area contributed by atoms with E-state index >= 15 is 0 Å². The number of amides is 1. The van der Waals surface area contributed by atoms with Crippen molar-refractivity contribution in [1.82, 2.24) is 0 Å². The number of alkyl halides is 3. The van der Waals surface area contributed by atoms with E-state index in [2.05, 4.69) is 5.32 Å². The summed E-state index contributed by atoms with van der Waals surface area (Å²) in [6, 6.07) is 10.2. The second kappa shape index (κ2) is 7.20. The van der Waals surface area contributed by atoms with E-state index in [0.29, 0.717) is 11.3 Å². The smallest absolute Gasteiger partial charge is 0.471 e. The minimum Gasteiger partial charge on any atom is -0.494 e. The van der Waals surface area contributed by atoms with Gasteiger partial charge in [0.25, 0.3) is 0 Å². The number of hydrogen-bond donors (Lipinski definition) is 2. The zero-order valence-corrected chi connectivity index (χ0v) is 12.6. The van der Waals surface area contributed by atoms with Crippen LogP contribution in [-0.4, -0.2) is 19.2 Å². The van der Waals surface area contributed by atoms with Crippen LogP contribution in [0.2, 0.25) is 0 Å². The quantitative estimate of drug-likeness (QED) is 0.809. The van der Waals surface area contributed by atoms with Gasteiger partial charge in [-0.1, -0.05) is 12.1 Å². The van der Waals surface area contributed by atoms with Crippen LogP contribution in [0.4, 0.5) is 28.9 Å². The molecule has 0 heterocycles. The SMILES string of the molecule is COc1cc(NCc2cccc(NC(=O)C(F)(F)F)c2)ccc1F. The van der Waals surface area contributed by atoms with Gasteiger partial charge in [0, 0.05) is 24.0 Å². The van der Waals surface area contributed by atoms with Crippen LogP contribution in [0.1, 0.15) is 5.56 Å². The van der Waals surface area contributed by atoms with Gasteiger partial charge < -0.3 is 15.4 Å². The first-order valence-corrected chi connectivity index (χ1v) is 6.84. The van der Waals surface area contributed by atoms with Crippen molar-refractivity contribution in [3.8, 4) is 5.75 Å². The average Bonchev–Trinajstić information content (AvgIpc) is 2.53. The topological polar surface area (TPSA) is 50.4 Å². The molecule has 2 aromatic carbocycles.